The Morgan fingerprint density at radius 2 is 1.56 bits per heavy atom. The van der Waals surface area contributed by atoms with Crippen LogP contribution in [0, 0.1) is 0 Å². The van der Waals surface area contributed by atoms with E-state index in [4.69, 9.17) is 11.6 Å². The number of amides is 2. The number of carbonyl (C=O) groups is 2. The number of benzene rings is 3. The summed E-state index contributed by atoms with van der Waals surface area (Å²) in [6.45, 7) is -0.295. The molecule has 0 spiro atoms. The van der Waals surface area contributed by atoms with Gasteiger partial charge in [0.15, 0.2) is 0 Å². The third kappa shape index (κ3) is 4.77. The molecule has 0 saturated carbocycles. The number of halogens is 1. The van der Waals surface area contributed by atoms with Crippen molar-refractivity contribution in [1.29, 1.82) is 0 Å². The van der Waals surface area contributed by atoms with Gasteiger partial charge < -0.3 is 10.6 Å². The minimum atomic E-state index is -0.644. The van der Waals surface area contributed by atoms with Crippen LogP contribution in [-0.2, 0) is 22.6 Å². The molecule has 8 nitrogen and oxygen atoms in total. The summed E-state index contributed by atoms with van der Waals surface area (Å²) in [5, 5.41) is 6.12. The van der Waals surface area contributed by atoms with Gasteiger partial charge in [-0.1, -0.05) is 35.9 Å². The number of anilines is 1. The predicted molar refractivity (Wildman–Crippen MR) is 132 cm³/mol. The van der Waals surface area contributed by atoms with E-state index in [1.54, 1.807) is 79.8 Å². The van der Waals surface area contributed by atoms with Gasteiger partial charge in [0.05, 0.1) is 23.0 Å². The zero-order chi connectivity index (χ0) is 24.2. The maximum Gasteiger partial charge on any atom is 0.336 e. The highest BCUT2D eigenvalue weighted by Crippen LogP contribution is 2.15. The molecule has 0 atom stereocenters. The highest BCUT2D eigenvalue weighted by Gasteiger charge is 2.17. The van der Waals surface area contributed by atoms with Gasteiger partial charge in [-0.2, -0.15) is 0 Å². The van der Waals surface area contributed by atoms with Gasteiger partial charge >= 0.3 is 5.69 Å². The third-order valence-electron chi connectivity index (χ3n) is 5.32. The lowest BCUT2D eigenvalue weighted by molar-refractivity contribution is -0.120. The number of hydrogen-bond donors (Lipinski definition) is 2. The molecule has 0 saturated heterocycles. The van der Waals surface area contributed by atoms with Crippen LogP contribution in [0.5, 0.6) is 0 Å². The number of fused-ring (bicyclic) bond motifs is 1. The van der Waals surface area contributed by atoms with Crippen molar-refractivity contribution in [2.45, 2.75) is 13.0 Å². The fraction of sp³-hybridized carbons (Fsp3) is 0.120. The molecule has 1 aromatic heterocycles. The first-order chi connectivity index (χ1) is 16.4. The summed E-state index contributed by atoms with van der Waals surface area (Å²) in [4.78, 5) is 51.0. The molecule has 0 aliphatic carbocycles. The Kier molecular flexibility index (Phi) is 6.60. The lowest BCUT2D eigenvalue weighted by Crippen LogP contribution is -2.40. The van der Waals surface area contributed by atoms with Crippen LogP contribution in [0.15, 0.2) is 82.4 Å². The number of hydrogen-bond acceptors (Lipinski definition) is 4. The largest absolute Gasteiger partial charge is 0.359 e. The van der Waals surface area contributed by atoms with E-state index in [9.17, 15) is 19.2 Å². The normalized spacial score (nSPS) is 10.8. The number of nitrogens with one attached hydrogen (secondary N) is 2. The molecular formula is C25H21ClN4O4. The molecule has 9 heteroatoms. The van der Waals surface area contributed by atoms with Crippen LogP contribution in [0.2, 0.25) is 5.02 Å². The molecule has 0 bridgehead atoms. The first-order valence-electron chi connectivity index (χ1n) is 10.5. The van der Waals surface area contributed by atoms with E-state index in [-0.39, 0.29) is 18.9 Å². The maximum absolute atomic E-state index is 13.4. The fourth-order valence-electron chi connectivity index (χ4n) is 3.62. The summed E-state index contributed by atoms with van der Waals surface area (Å²) in [5.74, 6) is -0.578. The lowest BCUT2D eigenvalue weighted by atomic mass is 10.1. The monoisotopic (exact) mass is 476 g/mol. The molecule has 3 aromatic carbocycles. The summed E-state index contributed by atoms with van der Waals surface area (Å²) in [6.07, 6.45) is 0.179. The Balaban J connectivity index is 1.75. The second-order valence-corrected chi connectivity index (χ2v) is 8.03. The van der Waals surface area contributed by atoms with Crippen molar-refractivity contribution >= 4 is 40.0 Å². The minimum absolute atomic E-state index is 0.148. The standard InChI is InChI=1S/C25H21ClN4O4/c1-27-22(31)14-16-6-12-19(13-7-16)30-24(33)20-4-2-3-5-21(20)29(25(30)34)15-23(32)28-18-10-8-17(26)9-11-18/h2-13H,14-15H2,1H3,(H,27,31)(H,28,32). The van der Waals surface area contributed by atoms with Crippen LogP contribution in [0.1, 0.15) is 5.56 Å². The van der Waals surface area contributed by atoms with Crippen molar-refractivity contribution in [3.05, 3.63) is 104 Å². The van der Waals surface area contributed by atoms with Gasteiger partial charge in [0.1, 0.15) is 6.54 Å². The highest BCUT2D eigenvalue weighted by atomic mass is 35.5. The van der Waals surface area contributed by atoms with Crippen LogP contribution >= 0.6 is 11.6 Å². The van der Waals surface area contributed by atoms with E-state index in [2.05, 4.69) is 10.6 Å². The van der Waals surface area contributed by atoms with Gasteiger partial charge in [0.25, 0.3) is 5.56 Å². The van der Waals surface area contributed by atoms with Gasteiger partial charge in [0, 0.05) is 17.8 Å². The zero-order valence-electron chi connectivity index (χ0n) is 18.2. The molecular weight excluding hydrogens is 456 g/mol. The van der Waals surface area contributed by atoms with E-state index >= 15 is 0 Å². The van der Waals surface area contributed by atoms with Crippen molar-refractivity contribution in [3.63, 3.8) is 0 Å². The van der Waals surface area contributed by atoms with E-state index in [0.717, 1.165) is 10.1 Å². The Labute approximate surface area is 199 Å². The molecule has 0 radical (unpaired) electrons. The average molecular weight is 477 g/mol. The molecule has 0 aliphatic heterocycles. The van der Waals surface area contributed by atoms with E-state index < -0.39 is 17.2 Å². The SMILES string of the molecule is CNC(=O)Cc1ccc(-n2c(=O)c3ccccc3n(CC(=O)Nc3ccc(Cl)cc3)c2=O)cc1. The first kappa shape index (κ1) is 23.0. The van der Waals surface area contributed by atoms with Crippen LogP contribution in [-0.4, -0.2) is 28.0 Å². The summed E-state index contributed by atoms with van der Waals surface area (Å²) in [6, 6.07) is 19.8. The molecule has 0 aliphatic rings. The third-order valence-corrected chi connectivity index (χ3v) is 5.57. The summed E-state index contributed by atoms with van der Waals surface area (Å²) in [7, 11) is 1.55. The fourth-order valence-corrected chi connectivity index (χ4v) is 3.74. The number of para-hydroxylation sites is 1. The van der Waals surface area contributed by atoms with Crippen molar-refractivity contribution < 1.29 is 9.59 Å². The second-order valence-electron chi connectivity index (χ2n) is 7.60. The van der Waals surface area contributed by atoms with E-state index in [1.807, 2.05) is 0 Å². The van der Waals surface area contributed by atoms with E-state index in [0.29, 0.717) is 27.3 Å². The average Bonchev–Trinajstić information content (AvgIpc) is 2.84. The molecule has 0 fully saturated rings. The van der Waals surface area contributed by atoms with Crippen LogP contribution in [0.3, 0.4) is 0 Å². The Bertz CT molecular complexity index is 1490. The molecule has 4 rings (SSSR count). The molecule has 2 amide bonds. The van der Waals surface area contributed by atoms with Crippen molar-refractivity contribution in [2.24, 2.45) is 0 Å². The summed E-state index contributed by atoms with van der Waals surface area (Å²) < 4.78 is 2.29. The quantitative estimate of drug-likeness (QED) is 0.446. The van der Waals surface area contributed by atoms with Crippen LogP contribution in [0.4, 0.5) is 5.69 Å². The molecule has 2 N–H and O–H groups in total. The summed E-state index contributed by atoms with van der Waals surface area (Å²) >= 11 is 5.89. The predicted octanol–water partition coefficient (Wildman–Crippen LogP) is 2.73. The minimum Gasteiger partial charge on any atom is -0.359 e. The number of rotatable bonds is 6. The Hall–Kier alpha value is -4.17. The van der Waals surface area contributed by atoms with Gasteiger partial charge in [-0.25, -0.2) is 9.36 Å². The van der Waals surface area contributed by atoms with Gasteiger partial charge in [-0.15, -0.1) is 0 Å². The smallest absolute Gasteiger partial charge is 0.336 e. The summed E-state index contributed by atoms with van der Waals surface area (Å²) in [5.41, 5.74) is 0.832. The van der Waals surface area contributed by atoms with Crippen molar-refractivity contribution in [3.8, 4) is 5.69 Å². The molecule has 4 aromatic rings. The molecule has 172 valence electrons. The van der Waals surface area contributed by atoms with Crippen molar-refractivity contribution in [1.82, 2.24) is 14.5 Å². The highest BCUT2D eigenvalue weighted by molar-refractivity contribution is 6.30. The van der Waals surface area contributed by atoms with Crippen LogP contribution < -0.4 is 21.9 Å². The van der Waals surface area contributed by atoms with Gasteiger partial charge in [-0.05, 0) is 54.1 Å². The molecule has 34 heavy (non-hydrogen) atoms. The van der Waals surface area contributed by atoms with Gasteiger partial charge in [0.2, 0.25) is 11.8 Å². The number of carbonyl (C=O) groups excluding carboxylic acids is 2. The lowest BCUT2D eigenvalue weighted by Gasteiger charge is -2.14. The Morgan fingerprint density at radius 3 is 2.24 bits per heavy atom. The number of aromatic nitrogens is 2. The zero-order valence-corrected chi connectivity index (χ0v) is 19.0. The topological polar surface area (TPSA) is 102 Å². The number of nitrogens with zero attached hydrogens (tertiary/aromatic N) is 2. The van der Waals surface area contributed by atoms with E-state index in [1.165, 1.54) is 4.57 Å². The Morgan fingerprint density at radius 1 is 0.882 bits per heavy atom. The molecule has 0 unspecified atom stereocenters. The first-order valence-corrected chi connectivity index (χ1v) is 10.8. The van der Waals surface area contributed by atoms with Gasteiger partial charge in [-0.3, -0.25) is 19.0 Å². The second kappa shape index (κ2) is 9.76. The maximum atomic E-state index is 13.4. The number of likely N-dealkylation sites (N-methyl/N-ethyl adjacent to an activating group) is 1. The van der Waals surface area contributed by atoms with Crippen molar-refractivity contribution in [2.75, 3.05) is 12.4 Å². The van der Waals surface area contributed by atoms with Crippen LogP contribution in [0.25, 0.3) is 16.6 Å². The molecule has 1 heterocycles.